The van der Waals surface area contributed by atoms with Crippen LogP contribution in [0.2, 0.25) is 5.02 Å². The van der Waals surface area contributed by atoms with E-state index in [9.17, 15) is 13.2 Å². The molecule has 0 aliphatic rings. The Labute approximate surface area is 110 Å². The number of halogens is 1. The van der Waals surface area contributed by atoms with Crippen LogP contribution in [0.3, 0.4) is 0 Å². The van der Waals surface area contributed by atoms with Gasteiger partial charge >= 0.3 is 0 Å². The van der Waals surface area contributed by atoms with Crippen molar-refractivity contribution in [2.45, 2.75) is 12.8 Å². The van der Waals surface area contributed by atoms with E-state index < -0.39 is 15.9 Å². The van der Waals surface area contributed by atoms with Crippen LogP contribution in [0.25, 0.3) is 0 Å². The van der Waals surface area contributed by atoms with Crippen molar-refractivity contribution in [3.63, 3.8) is 0 Å². The van der Waals surface area contributed by atoms with Crippen LogP contribution in [-0.2, 0) is 10.0 Å². The molecule has 0 aromatic heterocycles. The van der Waals surface area contributed by atoms with Gasteiger partial charge in [-0.1, -0.05) is 11.6 Å². The van der Waals surface area contributed by atoms with Gasteiger partial charge in [0.1, 0.15) is 0 Å². The first-order chi connectivity index (χ1) is 8.44. The van der Waals surface area contributed by atoms with Crippen molar-refractivity contribution in [1.29, 1.82) is 5.26 Å². The molecule has 7 heteroatoms. The number of unbranched alkanes of at least 4 members (excludes halogenated alkanes) is 1. The zero-order valence-electron chi connectivity index (χ0n) is 9.39. The lowest BCUT2D eigenvalue weighted by molar-refractivity contribution is 0.0981. The van der Waals surface area contributed by atoms with Gasteiger partial charge in [-0.05, 0) is 30.7 Å². The largest absolute Gasteiger partial charge is 0.268 e. The van der Waals surface area contributed by atoms with Crippen LogP contribution >= 0.6 is 11.6 Å². The van der Waals surface area contributed by atoms with Crippen molar-refractivity contribution in [1.82, 2.24) is 4.72 Å². The lowest BCUT2D eigenvalue weighted by Gasteiger charge is -2.05. The number of hydrogen-bond donors (Lipinski definition) is 1. The topological polar surface area (TPSA) is 87.0 Å². The van der Waals surface area contributed by atoms with Gasteiger partial charge in [-0.15, -0.1) is 0 Å². The number of nitriles is 1. The fourth-order valence-corrected chi connectivity index (χ4v) is 2.35. The summed E-state index contributed by atoms with van der Waals surface area (Å²) in [6.45, 7) is 0. The summed E-state index contributed by atoms with van der Waals surface area (Å²) in [5.74, 6) is -0.955. The summed E-state index contributed by atoms with van der Waals surface area (Å²) < 4.78 is 24.9. The maximum atomic E-state index is 11.6. The Hall–Kier alpha value is -1.58. The Balaban J connectivity index is 2.64. The van der Waals surface area contributed by atoms with Gasteiger partial charge in [0.2, 0.25) is 10.0 Å². The van der Waals surface area contributed by atoms with Gasteiger partial charge in [0.05, 0.1) is 11.8 Å². The van der Waals surface area contributed by atoms with Crippen LogP contribution in [0.1, 0.15) is 23.2 Å². The molecule has 0 aliphatic heterocycles. The van der Waals surface area contributed by atoms with Crippen LogP contribution in [0.15, 0.2) is 24.3 Å². The highest BCUT2D eigenvalue weighted by Gasteiger charge is 2.15. The van der Waals surface area contributed by atoms with Crippen molar-refractivity contribution < 1.29 is 13.2 Å². The molecule has 1 N–H and O–H groups in total. The van der Waals surface area contributed by atoms with Crippen molar-refractivity contribution in [3.05, 3.63) is 34.9 Å². The van der Waals surface area contributed by atoms with E-state index in [1.54, 1.807) is 0 Å². The molecular weight excluding hydrogens is 276 g/mol. The van der Waals surface area contributed by atoms with Crippen molar-refractivity contribution in [3.8, 4) is 6.07 Å². The summed E-state index contributed by atoms with van der Waals surface area (Å²) in [6, 6.07) is 7.70. The zero-order chi connectivity index (χ0) is 13.6. The molecule has 0 aliphatic carbocycles. The molecule has 1 aromatic carbocycles. The third-order valence-corrected chi connectivity index (χ3v) is 3.63. The minimum atomic E-state index is -3.69. The van der Waals surface area contributed by atoms with Gasteiger partial charge in [0.15, 0.2) is 0 Å². The van der Waals surface area contributed by atoms with Gasteiger partial charge in [0.25, 0.3) is 5.91 Å². The molecule has 0 saturated carbocycles. The highest BCUT2D eigenvalue weighted by molar-refractivity contribution is 7.90. The normalized spacial score (nSPS) is 10.7. The van der Waals surface area contributed by atoms with Crippen molar-refractivity contribution >= 4 is 27.5 Å². The Morgan fingerprint density at radius 3 is 2.50 bits per heavy atom. The van der Waals surface area contributed by atoms with Gasteiger partial charge in [-0.2, -0.15) is 5.26 Å². The highest BCUT2D eigenvalue weighted by Crippen LogP contribution is 2.09. The fraction of sp³-hybridized carbons (Fsp3) is 0.273. The number of amides is 1. The van der Waals surface area contributed by atoms with E-state index in [0.29, 0.717) is 5.02 Å². The average molecular weight is 287 g/mol. The first-order valence-corrected chi connectivity index (χ1v) is 7.15. The molecule has 0 saturated heterocycles. The molecule has 1 amide bonds. The maximum Gasteiger partial charge on any atom is 0.264 e. The lowest BCUT2D eigenvalue weighted by atomic mass is 10.2. The van der Waals surface area contributed by atoms with E-state index in [1.165, 1.54) is 24.3 Å². The monoisotopic (exact) mass is 286 g/mol. The quantitative estimate of drug-likeness (QED) is 0.835. The minimum Gasteiger partial charge on any atom is -0.268 e. The van der Waals surface area contributed by atoms with E-state index in [0.717, 1.165) is 0 Å². The standard InChI is InChI=1S/C11H11ClN2O3S/c12-10-5-3-9(4-6-10)11(15)14-18(16,17)8-2-1-7-13/h3-6H,1-2,8H2,(H,14,15). The number of hydrogen-bond acceptors (Lipinski definition) is 4. The number of nitrogens with zero attached hydrogens (tertiary/aromatic N) is 1. The molecule has 18 heavy (non-hydrogen) atoms. The van der Waals surface area contributed by atoms with Crippen LogP contribution < -0.4 is 4.72 Å². The average Bonchev–Trinajstić information content (AvgIpc) is 2.29. The van der Waals surface area contributed by atoms with Crippen molar-refractivity contribution in [2.75, 3.05) is 5.75 Å². The van der Waals surface area contributed by atoms with E-state index >= 15 is 0 Å². The molecule has 1 aromatic rings. The zero-order valence-corrected chi connectivity index (χ0v) is 11.0. The lowest BCUT2D eigenvalue weighted by Crippen LogP contribution is -2.32. The summed E-state index contributed by atoms with van der Waals surface area (Å²) >= 11 is 5.65. The Kier molecular flexibility index (Phi) is 5.13. The van der Waals surface area contributed by atoms with Gasteiger partial charge in [0, 0.05) is 17.0 Å². The van der Waals surface area contributed by atoms with E-state index in [2.05, 4.69) is 0 Å². The van der Waals surface area contributed by atoms with Crippen LogP contribution in [0, 0.1) is 11.3 Å². The second kappa shape index (κ2) is 6.38. The number of carbonyl (C=O) groups excluding carboxylic acids is 1. The van der Waals surface area contributed by atoms with E-state index in [-0.39, 0.29) is 24.2 Å². The smallest absolute Gasteiger partial charge is 0.264 e. The molecule has 5 nitrogen and oxygen atoms in total. The molecular formula is C11H11ClN2O3S. The number of rotatable bonds is 5. The maximum absolute atomic E-state index is 11.6. The number of benzene rings is 1. The van der Waals surface area contributed by atoms with E-state index in [1.807, 2.05) is 10.8 Å². The third kappa shape index (κ3) is 4.73. The predicted molar refractivity (Wildman–Crippen MR) is 67.6 cm³/mol. The molecule has 0 atom stereocenters. The SMILES string of the molecule is N#CCCCS(=O)(=O)NC(=O)c1ccc(Cl)cc1. The van der Waals surface area contributed by atoms with Crippen LogP contribution in [-0.4, -0.2) is 20.1 Å². The molecule has 0 radical (unpaired) electrons. The van der Waals surface area contributed by atoms with Gasteiger partial charge < -0.3 is 0 Å². The second-order valence-corrected chi connectivity index (χ2v) is 5.80. The molecule has 0 spiro atoms. The Morgan fingerprint density at radius 1 is 1.33 bits per heavy atom. The van der Waals surface area contributed by atoms with Crippen LogP contribution in [0.4, 0.5) is 0 Å². The molecule has 96 valence electrons. The number of nitrogens with one attached hydrogen (secondary N) is 1. The minimum absolute atomic E-state index is 0.135. The van der Waals surface area contributed by atoms with E-state index in [4.69, 9.17) is 16.9 Å². The molecule has 0 unspecified atom stereocenters. The summed E-state index contributed by atoms with van der Waals surface area (Å²) in [4.78, 5) is 11.6. The molecule has 0 bridgehead atoms. The fourth-order valence-electron chi connectivity index (χ4n) is 1.19. The summed E-state index contributed by atoms with van der Waals surface area (Å²) in [6.07, 6.45) is 0.329. The van der Waals surface area contributed by atoms with Gasteiger partial charge in [-0.3, -0.25) is 4.79 Å². The Bertz CT molecular complexity index is 561. The summed E-state index contributed by atoms with van der Waals surface area (Å²) in [7, 11) is -3.69. The summed E-state index contributed by atoms with van der Waals surface area (Å²) in [5.41, 5.74) is 0.211. The first-order valence-electron chi connectivity index (χ1n) is 5.12. The van der Waals surface area contributed by atoms with Gasteiger partial charge in [-0.25, -0.2) is 13.1 Å². The predicted octanol–water partition coefficient (Wildman–Crippen LogP) is 1.70. The number of carbonyl (C=O) groups is 1. The molecule has 0 heterocycles. The molecule has 0 fully saturated rings. The Morgan fingerprint density at radius 2 is 1.94 bits per heavy atom. The number of sulfonamides is 1. The molecule has 1 rings (SSSR count). The van der Waals surface area contributed by atoms with Crippen LogP contribution in [0.5, 0.6) is 0 Å². The highest BCUT2D eigenvalue weighted by atomic mass is 35.5. The summed E-state index contributed by atoms with van der Waals surface area (Å²) in [5, 5.41) is 8.77. The van der Waals surface area contributed by atoms with Crippen molar-refractivity contribution in [2.24, 2.45) is 0 Å². The third-order valence-electron chi connectivity index (χ3n) is 2.06. The second-order valence-electron chi connectivity index (χ2n) is 3.52. The first kappa shape index (κ1) is 14.5.